The van der Waals surface area contributed by atoms with Crippen molar-refractivity contribution in [1.82, 2.24) is 15.6 Å². The standard InChI is InChI=1S/C15H11BrN4O3/c16-13-6-5-9(23-13)8-17-19-14(21)7-12-10-3-1-2-4-11(10)15(22)20-18-12/h1-6,8H,7H2,(H,19,21)(H,20,22)/b17-8+. The molecule has 7 nitrogen and oxygen atoms in total. The number of carbonyl (C=O) groups is 1. The second-order valence-corrected chi connectivity index (χ2v) is 5.44. The smallest absolute Gasteiger partial charge is 0.272 e. The number of hydrazone groups is 1. The minimum absolute atomic E-state index is 0.00349. The fourth-order valence-corrected chi connectivity index (χ4v) is 2.38. The molecule has 0 aliphatic rings. The number of benzene rings is 1. The zero-order chi connectivity index (χ0) is 16.2. The van der Waals surface area contributed by atoms with E-state index in [2.05, 4.69) is 36.7 Å². The van der Waals surface area contributed by atoms with Crippen LogP contribution in [0, 0.1) is 0 Å². The van der Waals surface area contributed by atoms with E-state index in [1.807, 2.05) is 0 Å². The molecule has 0 spiro atoms. The van der Waals surface area contributed by atoms with Crippen LogP contribution in [0.4, 0.5) is 0 Å². The quantitative estimate of drug-likeness (QED) is 0.538. The molecule has 116 valence electrons. The van der Waals surface area contributed by atoms with Crippen LogP contribution in [0.3, 0.4) is 0 Å². The first-order valence-corrected chi connectivity index (χ1v) is 7.46. The molecule has 0 aliphatic heterocycles. The first-order chi connectivity index (χ1) is 11.1. The Morgan fingerprint density at radius 1 is 1.30 bits per heavy atom. The third kappa shape index (κ3) is 3.54. The van der Waals surface area contributed by atoms with Gasteiger partial charge in [0.25, 0.3) is 5.56 Å². The van der Waals surface area contributed by atoms with Crippen molar-refractivity contribution in [2.45, 2.75) is 6.42 Å². The Kier molecular flexibility index (Phi) is 4.33. The number of halogens is 1. The molecular formula is C15H11BrN4O3. The molecule has 0 aliphatic carbocycles. The summed E-state index contributed by atoms with van der Waals surface area (Å²) in [6, 6.07) is 10.4. The molecule has 0 saturated carbocycles. The molecule has 2 aromatic heterocycles. The highest BCUT2D eigenvalue weighted by atomic mass is 79.9. The lowest BCUT2D eigenvalue weighted by atomic mass is 10.1. The van der Waals surface area contributed by atoms with E-state index in [9.17, 15) is 9.59 Å². The van der Waals surface area contributed by atoms with E-state index in [1.54, 1.807) is 36.4 Å². The lowest BCUT2D eigenvalue weighted by Gasteiger charge is -2.03. The number of rotatable bonds is 4. The van der Waals surface area contributed by atoms with Crippen molar-refractivity contribution < 1.29 is 9.21 Å². The summed E-state index contributed by atoms with van der Waals surface area (Å²) in [5.41, 5.74) is 2.59. The fourth-order valence-electron chi connectivity index (χ4n) is 2.06. The second-order valence-electron chi connectivity index (χ2n) is 4.66. The maximum Gasteiger partial charge on any atom is 0.272 e. The summed E-state index contributed by atoms with van der Waals surface area (Å²) in [7, 11) is 0. The summed E-state index contributed by atoms with van der Waals surface area (Å²) in [5, 5.41) is 11.3. The molecule has 0 fully saturated rings. The molecule has 2 heterocycles. The van der Waals surface area contributed by atoms with Gasteiger partial charge in [-0.15, -0.1) is 0 Å². The lowest BCUT2D eigenvalue weighted by Crippen LogP contribution is -2.22. The van der Waals surface area contributed by atoms with Gasteiger partial charge in [-0.05, 0) is 34.1 Å². The van der Waals surface area contributed by atoms with Gasteiger partial charge in [-0.3, -0.25) is 9.59 Å². The molecule has 23 heavy (non-hydrogen) atoms. The maximum atomic E-state index is 11.9. The second kappa shape index (κ2) is 6.57. The molecule has 0 unspecified atom stereocenters. The highest BCUT2D eigenvalue weighted by Gasteiger charge is 2.10. The average molecular weight is 375 g/mol. The minimum atomic E-state index is -0.350. The van der Waals surface area contributed by atoms with Crippen LogP contribution in [0.2, 0.25) is 0 Å². The van der Waals surface area contributed by atoms with Crippen LogP contribution < -0.4 is 11.0 Å². The lowest BCUT2D eigenvalue weighted by molar-refractivity contribution is -0.120. The molecule has 1 amide bonds. The Balaban J connectivity index is 1.72. The number of H-pyrrole nitrogens is 1. The number of carbonyl (C=O) groups excluding carboxylic acids is 1. The van der Waals surface area contributed by atoms with E-state index in [1.165, 1.54) is 6.21 Å². The summed E-state index contributed by atoms with van der Waals surface area (Å²) in [6.45, 7) is 0. The van der Waals surface area contributed by atoms with Gasteiger partial charge in [-0.1, -0.05) is 18.2 Å². The highest BCUT2D eigenvalue weighted by molar-refractivity contribution is 9.10. The Labute approximate surface area is 138 Å². The van der Waals surface area contributed by atoms with E-state index >= 15 is 0 Å². The summed E-state index contributed by atoms with van der Waals surface area (Å²) in [6.07, 6.45) is 1.39. The third-order valence-electron chi connectivity index (χ3n) is 3.08. The van der Waals surface area contributed by atoms with Gasteiger partial charge in [0.2, 0.25) is 5.91 Å². The van der Waals surface area contributed by atoms with Crippen LogP contribution in [-0.4, -0.2) is 22.3 Å². The van der Waals surface area contributed by atoms with Crippen molar-refractivity contribution in [3.8, 4) is 0 Å². The summed E-state index contributed by atoms with van der Waals surface area (Å²) < 4.78 is 5.80. The third-order valence-corrected chi connectivity index (χ3v) is 3.50. The van der Waals surface area contributed by atoms with Crippen LogP contribution in [0.25, 0.3) is 10.8 Å². The van der Waals surface area contributed by atoms with Crippen molar-refractivity contribution >= 4 is 38.8 Å². The summed E-state index contributed by atoms with van der Waals surface area (Å²) >= 11 is 3.17. The minimum Gasteiger partial charge on any atom is -0.448 e. The van der Waals surface area contributed by atoms with Gasteiger partial charge in [-0.25, -0.2) is 10.5 Å². The van der Waals surface area contributed by atoms with Crippen molar-refractivity contribution in [3.05, 3.63) is 62.9 Å². The number of aromatic nitrogens is 2. The number of aromatic amines is 1. The molecule has 1 aromatic carbocycles. The monoisotopic (exact) mass is 374 g/mol. The highest BCUT2D eigenvalue weighted by Crippen LogP contribution is 2.13. The van der Waals surface area contributed by atoms with Gasteiger partial charge in [0.15, 0.2) is 4.67 Å². The van der Waals surface area contributed by atoms with Crippen LogP contribution in [0.1, 0.15) is 11.5 Å². The largest absolute Gasteiger partial charge is 0.448 e. The first kappa shape index (κ1) is 15.2. The summed E-state index contributed by atoms with van der Waals surface area (Å²) in [5.74, 6) is 0.154. The number of hydrogen-bond acceptors (Lipinski definition) is 5. The molecule has 8 heteroatoms. The fraction of sp³-hybridized carbons (Fsp3) is 0.0667. The Bertz CT molecular complexity index is 945. The zero-order valence-corrected chi connectivity index (χ0v) is 13.3. The van der Waals surface area contributed by atoms with E-state index in [-0.39, 0.29) is 17.9 Å². The summed E-state index contributed by atoms with van der Waals surface area (Å²) in [4.78, 5) is 23.6. The van der Waals surface area contributed by atoms with Gasteiger partial charge in [0, 0.05) is 5.39 Å². The molecule has 0 bridgehead atoms. The van der Waals surface area contributed by atoms with Crippen molar-refractivity contribution in [2.75, 3.05) is 0 Å². The Morgan fingerprint density at radius 3 is 2.83 bits per heavy atom. The Morgan fingerprint density at radius 2 is 2.09 bits per heavy atom. The number of fused-ring (bicyclic) bond motifs is 1. The normalized spacial score (nSPS) is 11.2. The van der Waals surface area contributed by atoms with E-state index < -0.39 is 0 Å². The Hall–Kier alpha value is -2.74. The zero-order valence-electron chi connectivity index (χ0n) is 11.7. The number of nitrogens with zero attached hydrogens (tertiary/aromatic N) is 2. The molecule has 0 radical (unpaired) electrons. The molecule has 0 saturated heterocycles. The van der Waals surface area contributed by atoms with Crippen molar-refractivity contribution in [2.24, 2.45) is 5.10 Å². The molecule has 3 rings (SSSR count). The van der Waals surface area contributed by atoms with Gasteiger partial charge >= 0.3 is 0 Å². The predicted molar refractivity (Wildman–Crippen MR) is 88.2 cm³/mol. The van der Waals surface area contributed by atoms with Crippen molar-refractivity contribution in [1.29, 1.82) is 0 Å². The molecule has 0 atom stereocenters. The van der Waals surface area contributed by atoms with E-state index in [0.717, 1.165) is 0 Å². The van der Waals surface area contributed by atoms with Crippen LogP contribution in [0.15, 0.2) is 55.4 Å². The van der Waals surface area contributed by atoms with Crippen molar-refractivity contribution in [3.63, 3.8) is 0 Å². The topological polar surface area (TPSA) is 100 Å². The number of hydrogen-bond donors (Lipinski definition) is 2. The molecule has 3 aromatic rings. The number of amides is 1. The average Bonchev–Trinajstić information content (AvgIpc) is 2.96. The predicted octanol–water partition coefficient (Wildman–Crippen LogP) is 1.97. The maximum absolute atomic E-state index is 11.9. The molecule has 2 N–H and O–H groups in total. The van der Waals surface area contributed by atoms with Gasteiger partial charge in [-0.2, -0.15) is 10.2 Å². The van der Waals surface area contributed by atoms with Gasteiger partial charge in [0.1, 0.15) is 5.76 Å². The van der Waals surface area contributed by atoms with Crippen LogP contribution in [0.5, 0.6) is 0 Å². The van der Waals surface area contributed by atoms with Gasteiger partial charge in [0.05, 0.1) is 23.7 Å². The number of furan rings is 1. The first-order valence-electron chi connectivity index (χ1n) is 6.67. The van der Waals surface area contributed by atoms with Crippen LogP contribution in [-0.2, 0) is 11.2 Å². The molecular weight excluding hydrogens is 364 g/mol. The SMILES string of the molecule is O=C(Cc1n[nH]c(=O)c2ccccc12)N/N=C/c1ccc(Br)o1. The number of nitrogens with one attached hydrogen (secondary N) is 2. The van der Waals surface area contributed by atoms with E-state index in [4.69, 9.17) is 4.42 Å². The van der Waals surface area contributed by atoms with Crippen LogP contribution >= 0.6 is 15.9 Å². The van der Waals surface area contributed by atoms with E-state index in [0.29, 0.717) is 26.9 Å². The van der Waals surface area contributed by atoms with Gasteiger partial charge < -0.3 is 4.42 Å².